The van der Waals surface area contributed by atoms with E-state index in [1.165, 1.54) is 7.11 Å². The van der Waals surface area contributed by atoms with Gasteiger partial charge in [0.2, 0.25) is 0 Å². The van der Waals surface area contributed by atoms with Crippen molar-refractivity contribution in [3.63, 3.8) is 0 Å². The second-order valence-electron chi connectivity index (χ2n) is 2.81. The normalized spacial score (nSPS) is 24.0. The molecule has 0 N–H and O–H groups in total. The summed E-state index contributed by atoms with van der Waals surface area (Å²) in [5, 5.41) is 0. The van der Waals surface area contributed by atoms with Crippen LogP contribution in [0.4, 0.5) is 4.39 Å². The molecule has 1 aliphatic rings. The Balaban J connectivity index is 2.85. The Morgan fingerprint density at radius 2 is 2.17 bits per heavy atom. The fourth-order valence-corrected chi connectivity index (χ4v) is 1.21. The number of hydrogen-bond acceptors (Lipinski definition) is 2. The molecule has 0 bridgehead atoms. The fraction of sp³-hybridized carbons (Fsp3) is 0.556. The molecule has 1 aliphatic carbocycles. The maximum atomic E-state index is 13.2. The van der Waals surface area contributed by atoms with E-state index in [0.717, 1.165) is 0 Å². The topological polar surface area (TPSA) is 18.5 Å². The Kier molecular flexibility index (Phi) is 2.87. The number of methoxy groups -OCH3 is 2. The molecule has 0 fully saturated rings. The van der Waals surface area contributed by atoms with Crippen LogP contribution in [-0.4, -0.2) is 20.3 Å². The Bertz CT molecular complexity index is 231. The smallest absolute Gasteiger partial charge is 0.163 e. The molecule has 0 saturated carbocycles. The van der Waals surface area contributed by atoms with Gasteiger partial charge in [0.25, 0.3) is 0 Å². The summed E-state index contributed by atoms with van der Waals surface area (Å²) in [5.74, 6) is 0.0244. The van der Waals surface area contributed by atoms with Crippen LogP contribution in [-0.2, 0) is 9.47 Å². The molecule has 2 nitrogen and oxygen atoms in total. The van der Waals surface area contributed by atoms with Gasteiger partial charge in [-0.2, -0.15) is 0 Å². The Hall–Kier alpha value is -0.830. The van der Waals surface area contributed by atoms with Crippen molar-refractivity contribution in [2.45, 2.75) is 19.4 Å². The highest BCUT2D eigenvalue weighted by atomic mass is 19.1. The van der Waals surface area contributed by atoms with Gasteiger partial charge in [-0.1, -0.05) is 0 Å². The molecule has 0 spiro atoms. The summed E-state index contributed by atoms with van der Waals surface area (Å²) < 4.78 is 23.1. The first kappa shape index (κ1) is 9.26. The van der Waals surface area contributed by atoms with Crippen molar-refractivity contribution in [1.29, 1.82) is 0 Å². The van der Waals surface area contributed by atoms with E-state index in [-0.39, 0.29) is 17.7 Å². The van der Waals surface area contributed by atoms with E-state index in [1.807, 2.05) is 0 Å². The molecule has 0 aromatic heterocycles. The lowest BCUT2D eigenvalue weighted by atomic mass is 10.0. The molecular weight excluding hydrogens is 159 g/mol. The summed E-state index contributed by atoms with van der Waals surface area (Å²) in [6.45, 7) is 1.74. The van der Waals surface area contributed by atoms with Crippen molar-refractivity contribution in [2.24, 2.45) is 0 Å². The number of ether oxygens (including phenoxy) is 2. The zero-order chi connectivity index (χ0) is 9.14. The van der Waals surface area contributed by atoms with Crippen molar-refractivity contribution >= 4 is 0 Å². The summed E-state index contributed by atoms with van der Waals surface area (Å²) in [6.07, 6.45) is 2.21. The average molecular weight is 172 g/mol. The third-order valence-corrected chi connectivity index (χ3v) is 1.96. The zero-order valence-corrected chi connectivity index (χ0v) is 7.56. The minimum atomic E-state index is -0.259. The Morgan fingerprint density at radius 1 is 1.50 bits per heavy atom. The van der Waals surface area contributed by atoms with Gasteiger partial charge in [-0.3, -0.25) is 0 Å². The molecule has 12 heavy (non-hydrogen) atoms. The summed E-state index contributed by atoms with van der Waals surface area (Å²) in [7, 11) is 3.06. The van der Waals surface area contributed by atoms with Crippen LogP contribution in [0.5, 0.6) is 0 Å². The Morgan fingerprint density at radius 3 is 2.67 bits per heavy atom. The molecule has 1 atom stereocenters. The first-order chi connectivity index (χ1) is 5.69. The molecule has 0 radical (unpaired) electrons. The van der Waals surface area contributed by atoms with E-state index in [2.05, 4.69) is 0 Å². The summed E-state index contributed by atoms with van der Waals surface area (Å²) in [5.41, 5.74) is 0.682. The monoisotopic (exact) mass is 172 g/mol. The fourth-order valence-electron chi connectivity index (χ4n) is 1.21. The quantitative estimate of drug-likeness (QED) is 0.635. The first-order valence-corrected chi connectivity index (χ1v) is 3.83. The van der Waals surface area contributed by atoms with Gasteiger partial charge in [0.1, 0.15) is 0 Å². The molecule has 0 saturated heterocycles. The highest BCUT2D eigenvalue weighted by molar-refractivity contribution is 5.30. The van der Waals surface area contributed by atoms with Gasteiger partial charge in [0.05, 0.1) is 13.2 Å². The van der Waals surface area contributed by atoms with E-state index in [4.69, 9.17) is 9.47 Å². The summed E-state index contributed by atoms with van der Waals surface area (Å²) in [6, 6.07) is 0. The van der Waals surface area contributed by atoms with Crippen LogP contribution in [0, 0.1) is 0 Å². The van der Waals surface area contributed by atoms with Gasteiger partial charge in [0, 0.05) is 13.5 Å². The molecule has 0 amide bonds. The maximum absolute atomic E-state index is 13.2. The third-order valence-electron chi connectivity index (χ3n) is 1.96. The van der Waals surface area contributed by atoms with Gasteiger partial charge < -0.3 is 9.47 Å². The molecule has 3 heteroatoms. The van der Waals surface area contributed by atoms with Crippen molar-refractivity contribution in [2.75, 3.05) is 14.2 Å². The summed E-state index contributed by atoms with van der Waals surface area (Å²) in [4.78, 5) is 0. The molecule has 0 aromatic rings. The van der Waals surface area contributed by atoms with Crippen LogP contribution >= 0.6 is 0 Å². The van der Waals surface area contributed by atoms with Gasteiger partial charge in [-0.25, -0.2) is 4.39 Å². The first-order valence-electron chi connectivity index (χ1n) is 3.83. The van der Waals surface area contributed by atoms with Gasteiger partial charge in [-0.05, 0) is 18.6 Å². The second kappa shape index (κ2) is 3.72. The largest absolute Gasteiger partial charge is 0.494 e. The highest BCUT2D eigenvalue weighted by Crippen LogP contribution is 2.27. The third kappa shape index (κ3) is 1.67. The van der Waals surface area contributed by atoms with Gasteiger partial charge in [0.15, 0.2) is 11.6 Å². The second-order valence-corrected chi connectivity index (χ2v) is 2.81. The maximum Gasteiger partial charge on any atom is 0.163 e. The van der Waals surface area contributed by atoms with Crippen LogP contribution in [0.2, 0.25) is 0 Å². The number of rotatable bonds is 2. The van der Waals surface area contributed by atoms with Crippen LogP contribution in [0.25, 0.3) is 0 Å². The molecule has 68 valence electrons. The SMILES string of the molecule is COC1=CC(OC)CC(C)=C1F. The average Bonchev–Trinajstić information content (AvgIpc) is 2.09. The van der Waals surface area contributed by atoms with E-state index in [1.54, 1.807) is 20.1 Å². The van der Waals surface area contributed by atoms with E-state index < -0.39 is 0 Å². The number of allylic oxidation sites excluding steroid dienone is 1. The predicted molar refractivity (Wildman–Crippen MR) is 44.3 cm³/mol. The predicted octanol–water partition coefficient (Wildman–Crippen LogP) is 2.18. The lowest BCUT2D eigenvalue weighted by molar-refractivity contribution is 0.130. The van der Waals surface area contributed by atoms with Crippen molar-refractivity contribution in [3.8, 4) is 0 Å². The lowest BCUT2D eigenvalue weighted by Crippen LogP contribution is -2.14. The number of hydrogen-bond donors (Lipinski definition) is 0. The molecule has 1 unspecified atom stereocenters. The standard InChI is InChI=1S/C9H13FO2/c1-6-4-7(11-2)5-8(12-3)9(6)10/h5,7H,4H2,1-3H3. The van der Waals surface area contributed by atoms with Crippen LogP contribution < -0.4 is 0 Å². The van der Waals surface area contributed by atoms with Gasteiger partial charge in [-0.15, -0.1) is 0 Å². The summed E-state index contributed by atoms with van der Waals surface area (Å²) >= 11 is 0. The van der Waals surface area contributed by atoms with Gasteiger partial charge >= 0.3 is 0 Å². The molecule has 1 rings (SSSR count). The molecule has 0 aromatic carbocycles. The molecule has 0 heterocycles. The van der Waals surface area contributed by atoms with Crippen molar-refractivity contribution in [1.82, 2.24) is 0 Å². The Labute approximate surface area is 71.7 Å². The van der Waals surface area contributed by atoms with E-state index in [9.17, 15) is 4.39 Å². The van der Waals surface area contributed by atoms with Crippen LogP contribution in [0.3, 0.4) is 0 Å². The van der Waals surface area contributed by atoms with Crippen LogP contribution in [0.15, 0.2) is 23.2 Å². The minimum Gasteiger partial charge on any atom is -0.494 e. The zero-order valence-electron chi connectivity index (χ0n) is 7.56. The molecular formula is C9H13FO2. The molecule has 0 aliphatic heterocycles. The van der Waals surface area contributed by atoms with E-state index >= 15 is 0 Å². The lowest BCUT2D eigenvalue weighted by Gasteiger charge is -2.19. The van der Waals surface area contributed by atoms with Crippen molar-refractivity contribution in [3.05, 3.63) is 23.2 Å². The van der Waals surface area contributed by atoms with Crippen molar-refractivity contribution < 1.29 is 13.9 Å². The minimum absolute atomic E-state index is 0.0561. The number of halogens is 1. The highest BCUT2D eigenvalue weighted by Gasteiger charge is 2.19. The van der Waals surface area contributed by atoms with E-state index in [0.29, 0.717) is 12.0 Å². The van der Waals surface area contributed by atoms with Crippen LogP contribution in [0.1, 0.15) is 13.3 Å².